The van der Waals surface area contributed by atoms with Crippen LogP contribution in [-0.4, -0.2) is 29.0 Å². The number of carbonyl (C=O) groups is 4. The topological polar surface area (TPSA) is 125 Å². The monoisotopic (exact) mass is 542 g/mol. The molecule has 0 unspecified atom stereocenters. The van der Waals surface area contributed by atoms with Gasteiger partial charge in [0, 0.05) is 42.7 Å². The van der Waals surface area contributed by atoms with Gasteiger partial charge in [0.25, 0.3) is 0 Å². The fourth-order valence-corrected chi connectivity index (χ4v) is 5.09. The van der Waals surface area contributed by atoms with Gasteiger partial charge in [-0.1, -0.05) is 23.2 Å². The largest absolute Gasteiger partial charge is 0.481 e. The van der Waals surface area contributed by atoms with E-state index in [9.17, 15) is 24.3 Å². The average molecular weight is 543 g/mol. The molecule has 5 rings (SSSR count). The molecular formula is C26H16Cl2O9. The average Bonchev–Trinajstić information content (AvgIpc) is 3.08. The molecule has 0 amide bonds. The lowest BCUT2D eigenvalue weighted by atomic mass is 9.77. The second kappa shape index (κ2) is 8.79. The number of rotatable bonds is 4. The molecule has 9 nitrogen and oxygen atoms in total. The summed E-state index contributed by atoms with van der Waals surface area (Å²) in [5.74, 6) is -2.34. The van der Waals surface area contributed by atoms with Crippen LogP contribution in [0.1, 0.15) is 46.5 Å². The van der Waals surface area contributed by atoms with Gasteiger partial charge in [0.05, 0.1) is 22.0 Å². The van der Waals surface area contributed by atoms with E-state index in [1.807, 2.05) is 0 Å². The van der Waals surface area contributed by atoms with E-state index in [0.29, 0.717) is 11.1 Å². The molecule has 0 aromatic heterocycles. The second-order valence-electron chi connectivity index (χ2n) is 8.33. The Morgan fingerprint density at radius 1 is 0.865 bits per heavy atom. The summed E-state index contributed by atoms with van der Waals surface area (Å²) in [4.78, 5) is 47.8. The highest BCUT2D eigenvalue weighted by atomic mass is 35.5. The third kappa shape index (κ3) is 3.96. The van der Waals surface area contributed by atoms with E-state index in [2.05, 4.69) is 0 Å². The Balaban J connectivity index is 1.82. The van der Waals surface area contributed by atoms with Gasteiger partial charge in [-0.25, -0.2) is 4.79 Å². The first-order valence-electron chi connectivity index (χ1n) is 10.8. The molecule has 0 aliphatic carbocycles. The number of fused-ring (bicyclic) bond motifs is 6. The van der Waals surface area contributed by atoms with Crippen LogP contribution in [0.25, 0.3) is 0 Å². The van der Waals surface area contributed by atoms with Crippen molar-refractivity contribution in [2.45, 2.75) is 25.9 Å². The number of hydrogen-bond donors (Lipinski definition) is 1. The molecule has 0 bridgehead atoms. The molecule has 0 radical (unpaired) electrons. The van der Waals surface area contributed by atoms with Gasteiger partial charge in [0.1, 0.15) is 23.0 Å². The summed E-state index contributed by atoms with van der Waals surface area (Å²) < 4.78 is 22.5. The molecule has 0 saturated heterocycles. The molecule has 188 valence electrons. The van der Waals surface area contributed by atoms with Crippen LogP contribution in [0, 0.1) is 0 Å². The van der Waals surface area contributed by atoms with Gasteiger partial charge in [-0.3, -0.25) is 14.4 Å². The molecule has 37 heavy (non-hydrogen) atoms. The molecule has 0 fully saturated rings. The molecule has 11 heteroatoms. The van der Waals surface area contributed by atoms with Crippen LogP contribution in [0.15, 0.2) is 42.5 Å². The lowest BCUT2D eigenvalue weighted by Gasteiger charge is -2.36. The van der Waals surface area contributed by atoms with Crippen molar-refractivity contribution in [2.24, 2.45) is 0 Å². The van der Waals surface area contributed by atoms with Crippen molar-refractivity contribution in [1.82, 2.24) is 0 Å². The van der Waals surface area contributed by atoms with E-state index in [1.54, 1.807) is 12.1 Å². The van der Waals surface area contributed by atoms with Crippen LogP contribution < -0.4 is 14.2 Å². The third-order valence-electron chi connectivity index (χ3n) is 5.86. The Kier molecular flexibility index (Phi) is 5.85. The number of esters is 3. The molecule has 1 spiro atoms. The van der Waals surface area contributed by atoms with Crippen LogP contribution in [0.2, 0.25) is 10.0 Å². The van der Waals surface area contributed by atoms with Crippen LogP contribution in [0.5, 0.6) is 23.0 Å². The lowest BCUT2D eigenvalue weighted by molar-refractivity contribution is -0.136. The van der Waals surface area contributed by atoms with Gasteiger partial charge >= 0.3 is 23.9 Å². The van der Waals surface area contributed by atoms with Gasteiger partial charge in [-0.15, -0.1) is 0 Å². The van der Waals surface area contributed by atoms with E-state index in [-0.39, 0.29) is 49.7 Å². The summed E-state index contributed by atoms with van der Waals surface area (Å²) in [5, 5.41) is 9.19. The first-order valence-corrected chi connectivity index (χ1v) is 11.6. The number of carbonyl (C=O) groups excluding carboxylic acids is 3. The zero-order chi connectivity index (χ0) is 26.6. The standard InChI is InChI=1S/C26H16Cl2O9/c1-11(29)34-14-3-5-16-19(9-14)36-20-10-15(35-12(2)30)4-6-17(20)26(16)18-7-13(8-21(31)32)23(27)24(28)22(18)25(33)37-26/h3-7,9-10H,8H2,1-2H3,(H,31,32). The highest BCUT2D eigenvalue weighted by molar-refractivity contribution is 6.44. The van der Waals surface area contributed by atoms with E-state index in [0.717, 1.165) is 0 Å². The fraction of sp³-hybridized carbons (Fsp3) is 0.154. The number of halogens is 2. The number of hydrogen-bond acceptors (Lipinski definition) is 8. The summed E-state index contributed by atoms with van der Waals surface area (Å²) in [6.45, 7) is 2.49. The zero-order valence-electron chi connectivity index (χ0n) is 19.2. The van der Waals surface area contributed by atoms with E-state index in [4.69, 9.17) is 42.1 Å². The Morgan fingerprint density at radius 2 is 1.41 bits per heavy atom. The minimum absolute atomic E-state index is 0.0206. The number of carboxylic acid groups (broad SMARTS) is 1. The van der Waals surface area contributed by atoms with Gasteiger partial charge in [-0.05, 0) is 35.9 Å². The first-order chi connectivity index (χ1) is 17.5. The molecule has 0 atom stereocenters. The zero-order valence-corrected chi connectivity index (χ0v) is 20.7. The van der Waals surface area contributed by atoms with Crippen molar-refractivity contribution in [3.63, 3.8) is 0 Å². The predicted molar refractivity (Wildman–Crippen MR) is 129 cm³/mol. The Labute approximate surface area is 219 Å². The molecular weight excluding hydrogens is 527 g/mol. The molecule has 2 aliphatic heterocycles. The third-order valence-corrected chi connectivity index (χ3v) is 6.77. The molecule has 0 saturated carbocycles. The lowest BCUT2D eigenvalue weighted by Crippen LogP contribution is -2.33. The molecule has 2 heterocycles. The van der Waals surface area contributed by atoms with Crippen LogP contribution >= 0.6 is 23.2 Å². The van der Waals surface area contributed by atoms with Crippen molar-refractivity contribution in [2.75, 3.05) is 0 Å². The number of carboxylic acids is 1. The van der Waals surface area contributed by atoms with E-state index >= 15 is 0 Å². The summed E-state index contributed by atoms with van der Waals surface area (Å²) in [7, 11) is 0. The molecule has 3 aromatic carbocycles. The summed E-state index contributed by atoms with van der Waals surface area (Å²) in [5.41, 5.74) is -0.480. The quantitative estimate of drug-likeness (QED) is 0.356. The SMILES string of the molecule is CC(=O)Oc1ccc2c(c1)Oc1cc(OC(C)=O)ccc1C21OC(=O)c2c1cc(CC(=O)O)c(Cl)c2Cl. The fourth-order valence-electron chi connectivity index (χ4n) is 4.57. The Morgan fingerprint density at radius 3 is 1.89 bits per heavy atom. The minimum atomic E-state index is -1.62. The molecule has 3 aromatic rings. The minimum Gasteiger partial charge on any atom is -0.481 e. The normalized spacial score (nSPS) is 14.1. The second-order valence-corrected chi connectivity index (χ2v) is 9.09. The maximum absolute atomic E-state index is 13.2. The van der Waals surface area contributed by atoms with Crippen molar-refractivity contribution in [3.8, 4) is 23.0 Å². The highest BCUT2D eigenvalue weighted by Gasteiger charge is 2.55. The highest BCUT2D eigenvalue weighted by Crippen LogP contribution is 2.58. The van der Waals surface area contributed by atoms with Crippen LogP contribution in [0.4, 0.5) is 0 Å². The van der Waals surface area contributed by atoms with Crippen LogP contribution in [-0.2, 0) is 31.1 Å². The maximum Gasteiger partial charge on any atom is 0.341 e. The van der Waals surface area contributed by atoms with Gasteiger partial charge in [-0.2, -0.15) is 0 Å². The summed E-state index contributed by atoms with van der Waals surface area (Å²) in [6, 6.07) is 10.5. The van der Waals surface area contributed by atoms with E-state index in [1.165, 1.54) is 44.2 Å². The number of aliphatic carboxylic acids is 1. The number of benzene rings is 3. The van der Waals surface area contributed by atoms with Gasteiger partial charge < -0.3 is 24.1 Å². The van der Waals surface area contributed by atoms with Gasteiger partial charge in [0.2, 0.25) is 0 Å². The molecule has 1 N–H and O–H groups in total. The summed E-state index contributed by atoms with van der Waals surface area (Å²) in [6.07, 6.45) is -0.455. The van der Waals surface area contributed by atoms with Crippen molar-refractivity contribution >= 4 is 47.1 Å². The van der Waals surface area contributed by atoms with Crippen molar-refractivity contribution in [3.05, 3.63) is 80.3 Å². The number of ether oxygens (including phenoxy) is 4. The van der Waals surface area contributed by atoms with Crippen molar-refractivity contribution in [1.29, 1.82) is 0 Å². The molecule has 2 aliphatic rings. The smallest absolute Gasteiger partial charge is 0.341 e. The van der Waals surface area contributed by atoms with Crippen molar-refractivity contribution < 1.29 is 43.2 Å². The predicted octanol–water partition coefficient (Wildman–Crippen LogP) is 5.04. The van der Waals surface area contributed by atoms with Gasteiger partial charge in [0.15, 0.2) is 5.60 Å². The Hall–Kier alpha value is -4.08. The van der Waals surface area contributed by atoms with E-state index < -0.39 is 35.9 Å². The van der Waals surface area contributed by atoms with Crippen LogP contribution in [0.3, 0.4) is 0 Å². The first kappa shape index (κ1) is 24.6. The Bertz CT molecular complexity index is 1480. The summed E-state index contributed by atoms with van der Waals surface area (Å²) >= 11 is 12.8. The maximum atomic E-state index is 13.2.